The van der Waals surface area contributed by atoms with E-state index in [1.165, 1.54) is 38.5 Å². The monoisotopic (exact) mass is 380 g/mol. The zero-order valence-electron chi connectivity index (χ0n) is 16.4. The molecule has 3 rings (SSSR count). The number of rotatable bonds is 6. The fourth-order valence-corrected chi connectivity index (χ4v) is 5.27. The number of halogens is 2. The van der Waals surface area contributed by atoms with Crippen LogP contribution in [0, 0.1) is 23.6 Å². The molecule has 0 unspecified atom stereocenters. The van der Waals surface area contributed by atoms with Crippen molar-refractivity contribution in [3.63, 3.8) is 0 Å². The number of hydrogen-bond donors (Lipinski definition) is 0. The molecule has 1 aromatic rings. The van der Waals surface area contributed by atoms with E-state index in [-0.39, 0.29) is 10.8 Å². The highest BCUT2D eigenvalue weighted by Crippen LogP contribution is 2.45. The molecule has 0 atom stereocenters. The van der Waals surface area contributed by atoms with Gasteiger partial charge in [0, 0.05) is 0 Å². The Kier molecular flexibility index (Phi) is 7.26. The zero-order valence-corrected chi connectivity index (χ0v) is 17.2. The van der Waals surface area contributed by atoms with E-state index in [0.29, 0.717) is 18.3 Å². The maximum absolute atomic E-state index is 14.6. The molecule has 2 aliphatic rings. The van der Waals surface area contributed by atoms with Crippen molar-refractivity contribution < 1.29 is 9.13 Å². The molecular weight excluding hydrogens is 347 g/mol. The molecule has 0 bridgehead atoms. The molecule has 0 aromatic heterocycles. The molecule has 2 aliphatic carbocycles. The van der Waals surface area contributed by atoms with E-state index < -0.39 is 0 Å². The van der Waals surface area contributed by atoms with Crippen LogP contribution in [0.25, 0.3) is 0 Å². The lowest BCUT2D eigenvalue weighted by molar-refractivity contribution is 0.165. The van der Waals surface area contributed by atoms with Crippen molar-refractivity contribution in [2.24, 2.45) is 17.8 Å². The summed E-state index contributed by atoms with van der Waals surface area (Å²) in [5.74, 6) is 3.05. The van der Waals surface area contributed by atoms with Gasteiger partial charge < -0.3 is 4.74 Å². The molecule has 1 aromatic carbocycles. The van der Waals surface area contributed by atoms with Crippen LogP contribution in [0.15, 0.2) is 12.1 Å². The molecular formula is C23H34ClFO. The van der Waals surface area contributed by atoms with Crippen LogP contribution in [0.2, 0.25) is 5.02 Å². The van der Waals surface area contributed by atoms with E-state index in [9.17, 15) is 4.39 Å². The summed E-state index contributed by atoms with van der Waals surface area (Å²) in [4.78, 5) is 0. The predicted octanol–water partition coefficient (Wildman–Crippen LogP) is 7.76. The van der Waals surface area contributed by atoms with Crippen LogP contribution in [-0.4, -0.2) is 6.61 Å². The number of hydrogen-bond acceptors (Lipinski definition) is 1. The highest BCUT2D eigenvalue weighted by molar-refractivity contribution is 6.31. The first-order valence-corrected chi connectivity index (χ1v) is 11.1. The Hall–Kier alpha value is -0.760. The molecule has 2 fully saturated rings. The summed E-state index contributed by atoms with van der Waals surface area (Å²) in [6.07, 6.45) is 12.4. The van der Waals surface area contributed by atoms with Gasteiger partial charge in [0.05, 0.1) is 11.6 Å². The van der Waals surface area contributed by atoms with Gasteiger partial charge in [0.1, 0.15) is 0 Å². The zero-order chi connectivity index (χ0) is 18.5. The Bertz CT molecular complexity index is 572. The van der Waals surface area contributed by atoms with Crippen LogP contribution in [-0.2, 0) is 0 Å². The van der Waals surface area contributed by atoms with Gasteiger partial charge in [-0.2, -0.15) is 0 Å². The largest absolute Gasteiger partial charge is 0.490 e. The Balaban J connectivity index is 1.58. The number of benzene rings is 1. The molecule has 26 heavy (non-hydrogen) atoms. The highest BCUT2D eigenvalue weighted by atomic mass is 35.5. The van der Waals surface area contributed by atoms with E-state index in [0.717, 1.165) is 49.0 Å². The number of unbranched alkanes of at least 4 members (excludes halogenated alkanes) is 1. The predicted molar refractivity (Wildman–Crippen MR) is 108 cm³/mol. The Morgan fingerprint density at radius 2 is 1.62 bits per heavy atom. The van der Waals surface area contributed by atoms with Crippen molar-refractivity contribution in [1.29, 1.82) is 0 Å². The summed E-state index contributed by atoms with van der Waals surface area (Å²) < 4.78 is 20.1. The molecule has 146 valence electrons. The van der Waals surface area contributed by atoms with Crippen molar-refractivity contribution in [2.45, 2.75) is 84.0 Å². The van der Waals surface area contributed by atoms with Crippen LogP contribution >= 0.6 is 11.6 Å². The fraction of sp³-hybridized carbons (Fsp3) is 0.739. The fourth-order valence-electron chi connectivity index (χ4n) is 4.96. The van der Waals surface area contributed by atoms with E-state index in [1.54, 1.807) is 6.07 Å². The van der Waals surface area contributed by atoms with Crippen molar-refractivity contribution in [3.8, 4) is 5.75 Å². The van der Waals surface area contributed by atoms with Crippen LogP contribution in [0.1, 0.15) is 89.5 Å². The molecule has 0 spiro atoms. The van der Waals surface area contributed by atoms with Crippen LogP contribution < -0.4 is 4.74 Å². The smallest absolute Gasteiger partial charge is 0.183 e. The standard InChI is InChI=1S/C23H34ClFO/c1-3-4-15-26-21-14-13-20(22(24)23(21)25)19-11-9-18(10-12-19)17-7-5-16(2)6-8-17/h13-14,16-19H,3-12,15H2,1-2H3. The molecule has 1 nitrogen and oxygen atoms in total. The molecule has 0 N–H and O–H groups in total. The molecule has 0 amide bonds. The molecule has 0 aliphatic heterocycles. The van der Waals surface area contributed by atoms with Gasteiger partial charge >= 0.3 is 0 Å². The third kappa shape index (κ3) is 4.74. The third-order valence-electron chi connectivity index (χ3n) is 6.77. The second-order valence-corrected chi connectivity index (χ2v) is 8.99. The average molecular weight is 381 g/mol. The van der Waals surface area contributed by atoms with Gasteiger partial charge in [0.15, 0.2) is 11.6 Å². The lowest BCUT2D eigenvalue weighted by Gasteiger charge is -2.37. The normalized spacial score (nSPS) is 29.5. The van der Waals surface area contributed by atoms with Crippen molar-refractivity contribution in [3.05, 3.63) is 28.5 Å². The summed E-state index contributed by atoms with van der Waals surface area (Å²) in [5.41, 5.74) is 0.989. The van der Waals surface area contributed by atoms with Crippen LogP contribution in [0.5, 0.6) is 5.75 Å². The highest BCUT2D eigenvalue weighted by Gasteiger charge is 2.31. The lowest BCUT2D eigenvalue weighted by Crippen LogP contribution is -2.24. The summed E-state index contributed by atoms with van der Waals surface area (Å²) in [7, 11) is 0. The minimum absolute atomic E-state index is 0.286. The van der Waals surface area contributed by atoms with Gasteiger partial charge in [0.25, 0.3) is 0 Å². The van der Waals surface area contributed by atoms with Gasteiger partial charge in [-0.05, 0) is 80.2 Å². The maximum Gasteiger partial charge on any atom is 0.183 e. The van der Waals surface area contributed by atoms with Crippen molar-refractivity contribution in [1.82, 2.24) is 0 Å². The first-order chi connectivity index (χ1) is 12.6. The Morgan fingerprint density at radius 3 is 2.23 bits per heavy atom. The van der Waals surface area contributed by atoms with E-state index in [2.05, 4.69) is 13.8 Å². The summed E-state index contributed by atoms with van der Waals surface area (Å²) in [6.45, 7) is 5.04. The quantitative estimate of drug-likeness (QED) is 0.458. The summed E-state index contributed by atoms with van der Waals surface area (Å²) in [6, 6.07) is 3.78. The minimum atomic E-state index is -0.372. The first kappa shape index (κ1) is 20.0. The molecule has 0 heterocycles. The van der Waals surface area contributed by atoms with Gasteiger partial charge in [-0.1, -0.05) is 50.8 Å². The van der Waals surface area contributed by atoms with Crippen LogP contribution in [0.4, 0.5) is 4.39 Å². The van der Waals surface area contributed by atoms with Gasteiger partial charge in [-0.3, -0.25) is 0 Å². The summed E-state index contributed by atoms with van der Waals surface area (Å²) in [5, 5.41) is 0.286. The SMILES string of the molecule is CCCCOc1ccc(C2CCC(C3CCC(C)CC3)CC2)c(Cl)c1F. The topological polar surface area (TPSA) is 9.23 Å². The van der Waals surface area contributed by atoms with Gasteiger partial charge in [-0.15, -0.1) is 0 Å². The third-order valence-corrected chi connectivity index (χ3v) is 7.16. The lowest BCUT2D eigenvalue weighted by atomic mass is 9.68. The number of ether oxygens (including phenoxy) is 1. The van der Waals surface area contributed by atoms with Gasteiger partial charge in [-0.25, -0.2) is 4.39 Å². The van der Waals surface area contributed by atoms with Crippen molar-refractivity contribution >= 4 is 11.6 Å². The summed E-state index contributed by atoms with van der Waals surface area (Å²) >= 11 is 6.39. The Labute approximate surface area is 163 Å². The van der Waals surface area contributed by atoms with E-state index >= 15 is 0 Å². The molecule has 3 heteroatoms. The molecule has 0 radical (unpaired) electrons. The van der Waals surface area contributed by atoms with Crippen molar-refractivity contribution in [2.75, 3.05) is 6.61 Å². The molecule has 2 saturated carbocycles. The average Bonchev–Trinajstić information content (AvgIpc) is 2.66. The van der Waals surface area contributed by atoms with E-state index in [1.807, 2.05) is 6.07 Å². The first-order valence-electron chi connectivity index (χ1n) is 10.7. The second kappa shape index (κ2) is 9.44. The van der Waals surface area contributed by atoms with Crippen LogP contribution in [0.3, 0.4) is 0 Å². The minimum Gasteiger partial charge on any atom is -0.490 e. The van der Waals surface area contributed by atoms with E-state index in [4.69, 9.17) is 16.3 Å². The maximum atomic E-state index is 14.6. The van der Waals surface area contributed by atoms with Gasteiger partial charge in [0.2, 0.25) is 0 Å². The second-order valence-electron chi connectivity index (χ2n) is 8.61. The Morgan fingerprint density at radius 1 is 1.00 bits per heavy atom. The molecule has 0 saturated heterocycles.